The summed E-state index contributed by atoms with van der Waals surface area (Å²) in [4.78, 5) is 24.2. The van der Waals surface area contributed by atoms with Crippen molar-refractivity contribution in [1.29, 1.82) is 0 Å². The molecule has 0 bridgehead atoms. The van der Waals surface area contributed by atoms with E-state index < -0.39 is 0 Å². The van der Waals surface area contributed by atoms with Crippen molar-refractivity contribution >= 4 is 33.6 Å². The monoisotopic (exact) mass is 443 g/mol. The molecule has 7 heteroatoms. The Hall–Kier alpha value is -3.45. The highest BCUT2D eigenvalue weighted by Crippen LogP contribution is 2.26. The van der Waals surface area contributed by atoms with Crippen molar-refractivity contribution in [1.82, 2.24) is 15.3 Å². The molecule has 7 nitrogen and oxygen atoms in total. The minimum atomic E-state index is 0.0462. The van der Waals surface area contributed by atoms with Gasteiger partial charge in [-0.05, 0) is 49.9 Å². The van der Waals surface area contributed by atoms with Gasteiger partial charge in [-0.3, -0.25) is 4.79 Å². The summed E-state index contributed by atoms with van der Waals surface area (Å²) in [5.74, 6) is 1.61. The molecule has 2 heterocycles. The first kappa shape index (κ1) is 21.4. The molecule has 33 heavy (non-hydrogen) atoms. The molecule has 0 saturated heterocycles. The number of benzene rings is 2. The van der Waals surface area contributed by atoms with Crippen molar-refractivity contribution in [2.24, 2.45) is 0 Å². The second-order valence-corrected chi connectivity index (χ2v) is 8.94. The maximum atomic E-state index is 12.7. The largest absolute Gasteiger partial charge is 0.464 e. The molecular formula is C26H29N5O2. The van der Waals surface area contributed by atoms with E-state index in [0.717, 1.165) is 42.4 Å². The first-order chi connectivity index (χ1) is 16.1. The average Bonchev–Trinajstić information content (AvgIpc) is 2.84. The van der Waals surface area contributed by atoms with Gasteiger partial charge in [-0.25, -0.2) is 4.98 Å². The number of rotatable bonds is 6. The molecule has 0 radical (unpaired) electrons. The number of nitrogens with zero attached hydrogens (tertiary/aromatic N) is 3. The molecule has 0 atom stereocenters. The Bertz CT molecular complexity index is 1330. The molecule has 1 fully saturated rings. The van der Waals surface area contributed by atoms with Crippen molar-refractivity contribution in [2.75, 3.05) is 24.3 Å². The van der Waals surface area contributed by atoms with Crippen molar-refractivity contribution < 1.29 is 4.42 Å². The fourth-order valence-electron chi connectivity index (χ4n) is 4.58. The number of hydrogen-bond acceptors (Lipinski definition) is 7. The van der Waals surface area contributed by atoms with E-state index in [4.69, 9.17) is 14.4 Å². The summed E-state index contributed by atoms with van der Waals surface area (Å²) in [7, 11) is 4.01. The quantitative estimate of drug-likeness (QED) is 0.459. The topological polar surface area (TPSA) is 83.3 Å². The SMILES string of the molecule is CN(C)c1nc(NC2CCC(NCc3coc4ccccc4c3=O)CC2)nc2ccccc12. The lowest BCUT2D eigenvalue weighted by molar-refractivity contribution is 0.351. The van der Waals surface area contributed by atoms with E-state index in [1.54, 1.807) is 6.26 Å². The van der Waals surface area contributed by atoms with Crippen LogP contribution in [0.4, 0.5) is 11.8 Å². The second kappa shape index (κ2) is 9.19. The third kappa shape index (κ3) is 4.54. The normalized spacial score (nSPS) is 18.5. The predicted molar refractivity (Wildman–Crippen MR) is 133 cm³/mol. The fraction of sp³-hybridized carbons (Fsp3) is 0.346. The Labute approximate surface area is 192 Å². The molecule has 0 spiro atoms. The maximum absolute atomic E-state index is 12.7. The first-order valence-electron chi connectivity index (χ1n) is 11.5. The van der Waals surface area contributed by atoms with Crippen LogP contribution in [-0.2, 0) is 6.54 Å². The minimum absolute atomic E-state index is 0.0462. The Morgan fingerprint density at radius 2 is 1.64 bits per heavy atom. The highest BCUT2D eigenvalue weighted by molar-refractivity contribution is 5.90. The highest BCUT2D eigenvalue weighted by Gasteiger charge is 2.22. The first-order valence-corrected chi connectivity index (χ1v) is 11.5. The second-order valence-electron chi connectivity index (χ2n) is 8.94. The van der Waals surface area contributed by atoms with Crippen LogP contribution in [0.2, 0.25) is 0 Å². The zero-order valence-electron chi connectivity index (χ0n) is 19.0. The van der Waals surface area contributed by atoms with Crippen LogP contribution in [-0.4, -0.2) is 36.1 Å². The Kier molecular flexibility index (Phi) is 5.96. The lowest BCUT2D eigenvalue weighted by Gasteiger charge is -2.30. The zero-order chi connectivity index (χ0) is 22.8. The maximum Gasteiger partial charge on any atom is 0.225 e. The summed E-state index contributed by atoms with van der Waals surface area (Å²) in [6, 6.07) is 16.2. The summed E-state index contributed by atoms with van der Waals surface area (Å²) in [6.45, 7) is 0.524. The molecule has 170 valence electrons. The summed E-state index contributed by atoms with van der Waals surface area (Å²) in [5, 5.41) is 8.79. The van der Waals surface area contributed by atoms with Crippen LogP contribution in [0.25, 0.3) is 21.9 Å². The van der Waals surface area contributed by atoms with Crippen molar-refractivity contribution in [3.8, 4) is 0 Å². The minimum Gasteiger partial charge on any atom is -0.464 e. The molecule has 0 unspecified atom stereocenters. The molecule has 1 aliphatic carbocycles. The third-order valence-electron chi connectivity index (χ3n) is 6.40. The predicted octanol–water partition coefficient (Wildman–Crippen LogP) is 4.32. The van der Waals surface area contributed by atoms with Gasteiger partial charge >= 0.3 is 0 Å². The Morgan fingerprint density at radius 1 is 0.939 bits per heavy atom. The van der Waals surface area contributed by atoms with E-state index >= 15 is 0 Å². The molecule has 0 amide bonds. The number of hydrogen-bond donors (Lipinski definition) is 2. The van der Waals surface area contributed by atoms with Gasteiger partial charge in [0.2, 0.25) is 5.95 Å². The molecule has 5 rings (SSSR count). The van der Waals surface area contributed by atoms with E-state index in [9.17, 15) is 4.79 Å². The number of aromatic nitrogens is 2. The molecule has 1 saturated carbocycles. The van der Waals surface area contributed by atoms with Crippen LogP contribution < -0.4 is 21.0 Å². The summed E-state index contributed by atoms with van der Waals surface area (Å²) < 4.78 is 5.64. The summed E-state index contributed by atoms with van der Waals surface area (Å²) >= 11 is 0. The molecule has 2 N–H and O–H groups in total. The van der Waals surface area contributed by atoms with Gasteiger partial charge in [0, 0.05) is 43.7 Å². The number of para-hydroxylation sites is 2. The fourth-order valence-corrected chi connectivity index (χ4v) is 4.58. The number of fused-ring (bicyclic) bond motifs is 2. The van der Waals surface area contributed by atoms with Crippen LogP contribution >= 0.6 is 0 Å². The smallest absolute Gasteiger partial charge is 0.225 e. The van der Waals surface area contributed by atoms with E-state index in [2.05, 4.69) is 16.7 Å². The lowest BCUT2D eigenvalue weighted by Crippen LogP contribution is -2.37. The summed E-state index contributed by atoms with van der Waals surface area (Å²) in [5.41, 5.74) is 2.30. The van der Waals surface area contributed by atoms with Crippen LogP contribution in [0.1, 0.15) is 31.2 Å². The lowest BCUT2D eigenvalue weighted by atomic mass is 9.91. The third-order valence-corrected chi connectivity index (χ3v) is 6.40. The van der Waals surface area contributed by atoms with Gasteiger partial charge in [-0.15, -0.1) is 0 Å². The van der Waals surface area contributed by atoms with Gasteiger partial charge in [0.15, 0.2) is 5.43 Å². The van der Waals surface area contributed by atoms with E-state index in [1.165, 1.54) is 0 Å². The van der Waals surface area contributed by atoms with Crippen LogP contribution in [0.3, 0.4) is 0 Å². The number of nitrogens with one attached hydrogen (secondary N) is 2. The van der Waals surface area contributed by atoms with E-state index in [0.29, 0.717) is 41.1 Å². The van der Waals surface area contributed by atoms with E-state index in [-0.39, 0.29) is 5.43 Å². The zero-order valence-corrected chi connectivity index (χ0v) is 19.0. The molecule has 2 aromatic heterocycles. The van der Waals surface area contributed by atoms with Gasteiger partial charge in [0.25, 0.3) is 0 Å². The van der Waals surface area contributed by atoms with Gasteiger partial charge in [0.1, 0.15) is 11.4 Å². The van der Waals surface area contributed by atoms with Crippen molar-refractivity contribution in [3.05, 3.63) is 70.6 Å². The Balaban J connectivity index is 1.20. The van der Waals surface area contributed by atoms with Gasteiger partial charge < -0.3 is 20.0 Å². The number of anilines is 2. The molecular weight excluding hydrogens is 414 g/mol. The van der Waals surface area contributed by atoms with Crippen LogP contribution in [0.15, 0.2) is 64.0 Å². The average molecular weight is 444 g/mol. The van der Waals surface area contributed by atoms with Crippen LogP contribution in [0, 0.1) is 0 Å². The molecule has 0 aliphatic heterocycles. The van der Waals surface area contributed by atoms with Gasteiger partial charge in [-0.1, -0.05) is 24.3 Å². The van der Waals surface area contributed by atoms with Crippen molar-refractivity contribution in [2.45, 2.75) is 44.3 Å². The Morgan fingerprint density at radius 3 is 2.42 bits per heavy atom. The summed E-state index contributed by atoms with van der Waals surface area (Å²) in [6.07, 6.45) is 5.70. The molecule has 2 aromatic carbocycles. The van der Waals surface area contributed by atoms with Crippen LogP contribution in [0.5, 0.6) is 0 Å². The molecule has 4 aromatic rings. The molecule has 1 aliphatic rings. The van der Waals surface area contributed by atoms with Gasteiger partial charge in [0.05, 0.1) is 17.2 Å². The van der Waals surface area contributed by atoms with Crippen molar-refractivity contribution in [3.63, 3.8) is 0 Å². The van der Waals surface area contributed by atoms with Gasteiger partial charge in [-0.2, -0.15) is 4.98 Å². The standard InChI is InChI=1S/C26H29N5O2/c1-31(2)25-20-7-3-5-9-22(20)29-26(30-25)28-19-13-11-18(12-14-19)27-15-17-16-33-23-10-6-4-8-21(23)24(17)32/h3-10,16,18-19,27H,11-15H2,1-2H3,(H,28,29,30). The highest BCUT2D eigenvalue weighted by atomic mass is 16.3. The van der Waals surface area contributed by atoms with E-state index in [1.807, 2.05) is 61.5 Å².